The highest BCUT2D eigenvalue weighted by molar-refractivity contribution is 6.08. The summed E-state index contributed by atoms with van der Waals surface area (Å²) < 4.78 is 29.4. The number of benzene rings is 2. The molecule has 0 saturated heterocycles. The Balaban J connectivity index is 1.67. The van der Waals surface area contributed by atoms with Gasteiger partial charge in [-0.1, -0.05) is 56.3 Å². The van der Waals surface area contributed by atoms with Gasteiger partial charge in [0.1, 0.15) is 5.58 Å². The third-order valence-corrected chi connectivity index (χ3v) is 5.54. The molecule has 0 unspecified atom stereocenters. The van der Waals surface area contributed by atoms with E-state index in [1.165, 1.54) is 17.8 Å². The average Bonchev–Trinajstić information content (AvgIpc) is 3.17. The topological polar surface area (TPSA) is 38.9 Å². The maximum Gasteiger partial charge on any atom is 0.227 e. The number of rotatable bonds is 3. The highest BCUT2D eigenvalue weighted by atomic mass is 16.3. The molecule has 3 heteroatoms. The summed E-state index contributed by atoms with van der Waals surface area (Å²) in [6, 6.07) is 23.3. The first-order valence-electron chi connectivity index (χ1n) is 11.1. The summed E-state index contributed by atoms with van der Waals surface area (Å²) in [5, 5.41) is 1.84. The third-order valence-electron chi connectivity index (χ3n) is 5.54. The molecule has 0 spiro atoms. The van der Waals surface area contributed by atoms with Gasteiger partial charge < -0.3 is 4.42 Å². The molecule has 0 saturated carbocycles. The molecule has 3 heterocycles. The molecule has 5 aromatic rings. The van der Waals surface area contributed by atoms with Crippen LogP contribution in [0.1, 0.15) is 34.8 Å². The Hall–Kier alpha value is -3.46. The molecule has 0 N–H and O–H groups in total. The minimum atomic E-state index is -2.20. The van der Waals surface area contributed by atoms with Crippen molar-refractivity contribution >= 4 is 22.1 Å². The Morgan fingerprint density at radius 2 is 1.76 bits per heavy atom. The molecule has 3 nitrogen and oxygen atoms in total. The molecule has 5 rings (SSSR count). The maximum atomic E-state index is 7.71. The van der Waals surface area contributed by atoms with Crippen LogP contribution in [0, 0.1) is 6.85 Å². The number of aromatic nitrogens is 2. The minimum Gasteiger partial charge on any atom is -0.437 e. The van der Waals surface area contributed by atoms with Gasteiger partial charge in [0.25, 0.3) is 0 Å². The molecular weight excluding hydrogens is 356 g/mol. The summed E-state index contributed by atoms with van der Waals surface area (Å²) in [6.07, 6.45) is 1.53. The zero-order chi connectivity index (χ0) is 22.5. The van der Waals surface area contributed by atoms with Gasteiger partial charge in [0.05, 0.1) is 11.4 Å². The second kappa shape index (κ2) is 6.56. The second-order valence-corrected chi connectivity index (χ2v) is 7.75. The zero-order valence-corrected chi connectivity index (χ0v) is 16.3. The van der Waals surface area contributed by atoms with Crippen LogP contribution in [-0.4, -0.2) is 9.97 Å². The molecule has 0 fully saturated rings. The fourth-order valence-electron chi connectivity index (χ4n) is 3.81. The molecular formula is C26H22N2O. The normalized spacial score (nSPS) is 13.9. The number of hydrogen-bond acceptors (Lipinski definition) is 3. The van der Waals surface area contributed by atoms with Crippen LogP contribution in [0.3, 0.4) is 0 Å². The molecule has 0 bridgehead atoms. The van der Waals surface area contributed by atoms with Gasteiger partial charge in [0, 0.05) is 32.1 Å². The summed E-state index contributed by atoms with van der Waals surface area (Å²) in [5.74, 6) is 0. The quantitative estimate of drug-likeness (QED) is 0.350. The van der Waals surface area contributed by atoms with Gasteiger partial charge in [-0.3, -0.25) is 4.98 Å². The number of furan rings is 1. The standard InChI is InChI=1S/C26H22N2O/c1-17-14-15-27-22(16-17)21-11-7-10-19-20-12-13-23(28-25(20)29-24(19)21)26(2,3)18-8-5-4-6-9-18/h4-16H,1-3H3/i1D3. The summed E-state index contributed by atoms with van der Waals surface area (Å²) in [6.45, 7) is 2.10. The molecule has 0 amide bonds. The van der Waals surface area contributed by atoms with Crippen LogP contribution in [-0.2, 0) is 5.41 Å². The van der Waals surface area contributed by atoms with E-state index >= 15 is 0 Å². The fourth-order valence-corrected chi connectivity index (χ4v) is 3.81. The molecule has 0 atom stereocenters. The van der Waals surface area contributed by atoms with Crippen molar-refractivity contribution in [2.45, 2.75) is 26.1 Å². The van der Waals surface area contributed by atoms with E-state index in [4.69, 9.17) is 13.5 Å². The van der Waals surface area contributed by atoms with E-state index < -0.39 is 6.85 Å². The van der Waals surface area contributed by atoms with Crippen LogP contribution < -0.4 is 0 Å². The van der Waals surface area contributed by atoms with Gasteiger partial charge in [-0.15, -0.1) is 0 Å². The summed E-state index contributed by atoms with van der Waals surface area (Å²) in [7, 11) is 0. The lowest BCUT2D eigenvalue weighted by molar-refractivity contribution is 0.601. The van der Waals surface area contributed by atoms with E-state index in [0.29, 0.717) is 17.0 Å². The van der Waals surface area contributed by atoms with Crippen LogP contribution in [0.2, 0.25) is 0 Å². The van der Waals surface area contributed by atoms with Gasteiger partial charge in [-0.05, 0) is 48.3 Å². The van der Waals surface area contributed by atoms with E-state index in [0.717, 1.165) is 22.0 Å². The van der Waals surface area contributed by atoms with Crippen molar-refractivity contribution in [1.29, 1.82) is 0 Å². The summed E-state index contributed by atoms with van der Waals surface area (Å²) in [5.41, 5.74) is 4.58. The first-order chi connectivity index (χ1) is 15.2. The first kappa shape index (κ1) is 14.5. The van der Waals surface area contributed by atoms with Crippen molar-refractivity contribution in [3.63, 3.8) is 0 Å². The Bertz CT molecular complexity index is 1440. The summed E-state index contributed by atoms with van der Waals surface area (Å²) in [4.78, 5) is 9.28. The number of pyridine rings is 2. The molecule has 0 radical (unpaired) electrons. The van der Waals surface area contributed by atoms with Crippen LogP contribution in [0.4, 0.5) is 0 Å². The van der Waals surface area contributed by atoms with Gasteiger partial charge in [0.2, 0.25) is 5.71 Å². The van der Waals surface area contributed by atoms with Gasteiger partial charge in [0.15, 0.2) is 0 Å². The van der Waals surface area contributed by atoms with Gasteiger partial charge in [-0.25, -0.2) is 4.98 Å². The van der Waals surface area contributed by atoms with Crippen LogP contribution in [0.5, 0.6) is 0 Å². The van der Waals surface area contributed by atoms with Gasteiger partial charge in [-0.2, -0.15) is 0 Å². The van der Waals surface area contributed by atoms with E-state index in [9.17, 15) is 0 Å². The van der Waals surface area contributed by atoms with E-state index in [-0.39, 0.29) is 11.0 Å². The number of nitrogens with zero attached hydrogens (tertiary/aromatic N) is 2. The van der Waals surface area contributed by atoms with Gasteiger partial charge >= 0.3 is 0 Å². The minimum absolute atomic E-state index is 0.251. The zero-order valence-electron chi connectivity index (χ0n) is 19.3. The van der Waals surface area contributed by atoms with E-state index in [1.54, 1.807) is 6.07 Å². The predicted octanol–water partition coefficient (Wildman–Crippen LogP) is 6.68. The molecule has 0 aliphatic rings. The van der Waals surface area contributed by atoms with Crippen LogP contribution in [0.25, 0.3) is 33.3 Å². The molecule has 0 aliphatic heterocycles. The Morgan fingerprint density at radius 3 is 2.59 bits per heavy atom. The highest BCUT2D eigenvalue weighted by Gasteiger charge is 2.25. The largest absolute Gasteiger partial charge is 0.437 e. The Kier molecular flexibility index (Phi) is 3.28. The molecule has 3 aromatic heterocycles. The lowest BCUT2D eigenvalue weighted by Crippen LogP contribution is -2.20. The summed E-state index contributed by atoms with van der Waals surface area (Å²) >= 11 is 0. The first-order valence-corrected chi connectivity index (χ1v) is 9.60. The van der Waals surface area contributed by atoms with Crippen molar-refractivity contribution in [3.8, 4) is 11.3 Å². The van der Waals surface area contributed by atoms with E-state index in [1.807, 2.05) is 48.5 Å². The van der Waals surface area contributed by atoms with Crippen molar-refractivity contribution in [2.75, 3.05) is 0 Å². The van der Waals surface area contributed by atoms with E-state index in [2.05, 4.69) is 31.0 Å². The SMILES string of the molecule is [2H]C([2H])([2H])c1ccnc(-c2cccc3c2oc2nc(C(C)(C)c4ccccc4)ccc23)c1. The lowest BCUT2D eigenvalue weighted by atomic mass is 9.81. The number of hydrogen-bond donors (Lipinski definition) is 0. The van der Waals surface area contributed by atoms with Crippen molar-refractivity contribution in [1.82, 2.24) is 9.97 Å². The Morgan fingerprint density at radius 1 is 0.897 bits per heavy atom. The molecule has 2 aromatic carbocycles. The van der Waals surface area contributed by atoms with Crippen LogP contribution in [0.15, 0.2) is 83.4 Å². The van der Waals surface area contributed by atoms with Crippen LogP contribution >= 0.6 is 0 Å². The third kappa shape index (κ3) is 2.90. The maximum absolute atomic E-state index is 7.71. The predicted molar refractivity (Wildman–Crippen MR) is 118 cm³/mol. The molecule has 0 aliphatic carbocycles. The van der Waals surface area contributed by atoms with Crippen molar-refractivity contribution in [2.24, 2.45) is 0 Å². The molecule has 142 valence electrons. The highest BCUT2D eigenvalue weighted by Crippen LogP contribution is 2.37. The monoisotopic (exact) mass is 381 g/mol. The lowest BCUT2D eigenvalue weighted by Gasteiger charge is -2.24. The average molecular weight is 381 g/mol. The number of para-hydroxylation sites is 1. The second-order valence-electron chi connectivity index (χ2n) is 7.75. The molecule has 29 heavy (non-hydrogen) atoms. The number of aryl methyl sites for hydroxylation is 1. The van der Waals surface area contributed by atoms with Crippen molar-refractivity contribution < 1.29 is 8.53 Å². The Labute approximate surface area is 174 Å². The smallest absolute Gasteiger partial charge is 0.227 e. The number of fused-ring (bicyclic) bond motifs is 3. The fraction of sp³-hybridized carbons (Fsp3) is 0.154. The van der Waals surface area contributed by atoms with Crippen molar-refractivity contribution in [3.05, 3.63) is 95.8 Å².